The van der Waals surface area contributed by atoms with E-state index in [1.807, 2.05) is 6.07 Å². The summed E-state index contributed by atoms with van der Waals surface area (Å²) in [6.45, 7) is 3.16. The molecule has 0 amide bonds. The second-order valence-corrected chi connectivity index (χ2v) is 8.19. The summed E-state index contributed by atoms with van der Waals surface area (Å²) in [5.74, 6) is -0.975. The fourth-order valence-electron chi connectivity index (χ4n) is 2.77. The lowest BCUT2D eigenvalue weighted by molar-refractivity contribution is 0.0695. The third-order valence-electron chi connectivity index (χ3n) is 4.65. The number of hydrogen-bond donors (Lipinski definition) is 3. The molecule has 0 bridgehead atoms. The number of aromatic hydroxyl groups is 1. The van der Waals surface area contributed by atoms with E-state index in [2.05, 4.69) is 0 Å². The van der Waals surface area contributed by atoms with Gasteiger partial charge in [0.15, 0.2) is 5.78 Å². The summed E-state index contributed by atoms with van der Waals surface area (Å²) in [5, 5.41) is 18.6. The van der Waals surface area contributed by atoms with Gasteiger partial charge in [0.2, 0.25) is 0 Å². The first kappa shape index (κ1) is 24.6. The van der Waals surface area contributed by atoms with Crippen LogP contribution >= 0.6 is 0 Å². The maximum Gasteiger partial charge on any atom is 0.336 e. The van der Waals surface area contributed by atoms with Gasteiger partial charge in [-0.1, -0.05) is 30.3 Å². The minimum absolute atomic E-state index is 0.0711. The number of ether oxygens (including phenoxy) is 1. The SMILES string of the molecule is COc1ccc(C(=O)c2ccccc2)c(O)c1.Cc1cc(S(=O)(=O)O)cc(C(=O)O)c1C. The van der Waals surface area contributed by atoms with E-state index in [0.717, 1.165) is 6.07 Å². The molecule has 3 aromatic rings. The molecule has 168 valence electrons. The number of carboxylic acids is 1. The number of aromatic carboxylic acids is 1. The van der Waals surface area contributed by atoms with Gasteiger partial charge in [0, 0.05) is 11.6 Å². The highest BCUT2D eigenvalue weighted by molar-refractivity contribution is 7.85. The maximum absolute atomic E-state index is 12.1. The van der Waals surface area contributed by atoms with Gasteiger partial charge in [0.25, 0.3) is 10.1 Å². The molecule has 3 rings (SSSR count). The van der Waals surface area contributed by atoms with Crippen molar-refractivity contribution in [1.82, 2.24) is 0 Å². The van der Waals surface area contributed by atoms with Crippen molar-refractivity contribution in [1.29, 1.82) is 0 Å². The van der Waals surface area contributed by atoms with E-state index in [4.69, 9.17) is 14.4 Å². The van der Waals surface area contributed by atoms with E-state index < -0.39 is 21.0 Å². The van der Waals surface area contributed by atoms with Gasteiger partial charge in [0.1, 0.15) is 11.5 Å². The molecule has 9 heteroatoms. The van der Waals surface area contributed by atoms with E-state index in [9.17, 15) is 23.1 Å². The van der Waals surface area contributed by atoms with Gasteiger partial charge >= 0.3 is 5.97 Å². The van der Waals surface area contributed by atoms with Crippen molar-refractivity contribution in [2.24, 2.45) is 0 Å². The Hall–Kier alpha value is -3.69. The standard InChI is InChI=1S/C14H12O3.C9H10O5S/c1-17-11-7-8-12(13(15)9-11)14(16)10-5-3-2-4-6-10;1-5-3-7(15(12,13)14)4-8(6(5)2)9(10)11/h2-9,15H,1H3;3-4H,1-2H3,(H,10,11)(H,12,13,14). The van der Waals surface area contributed by atoms with Crippen LogP contribution in [0.5, 0.6) is 11.5 Å². The van der Waals surface area contributed by atoms with E-state index in [-0.39, 0.29) is 22.7 Å². The largest absolute Gasteiger partial charge is 0.507 e. The molecule has 3 aromatic carbocycles. The number of methoxy groups -OCH3 is 1. The molecule has 0 unspecified atom stereocenters. The van der Waals surface area contributed by atoms with Crippen LogP contribution in [-0.2, 0) is 10.1 Å². The fraction of sp³-hybridized carbons (Fsp3) is 0.130. The van der Waals surface area contributed by atoms with Crippen LogP contribution in [0.2, 0.25) is 0 Å². The summed E-state index contributed by atoms with van der Waals surface area (Å²) in [6, 6.07) is 15.6. The zero-order chi connectivity index (χ0) is 24.1. The van der Waals surface area contributed by atoms with Crippen molar-refractivity contribution in [2.75, 3.05) is 7.11 Å². The lowest BCUT2D eigenvalue weighted by Crippen LogP contribution is -2.06. The Morgan fingerprint density at radius 3 is 2.03 bits per heavy atom. The first-order chi connectivity index (χ1) is 15.0. The summed E-state index contributed by atoms with van der Waals surface area (Å²) >= 11 is 0. The fourth-order valence-corrected chi connectivity index (χ4v) is 3.37. The average Bonchev–Trinajstić information content (AvgIpc) is 2.75. The predicted molar refractivity (Wildman–Crippen MR) is 117 cm³/mol. The van der Waals surface area contributed by atoms with Crippen molar-refractivity contribution in [3.8, 4) is 11.5 Å². The summed E-state index contributed by atoms with van der Waals surface area (Å²) in [5.41, 5.74) is 1.69. The monoisotopic (exact) mass is 458 g/mol. The minimum Gasteiger partial charge on any atom is -0.507 e. The van der Waals surface area contributed by atoms with Crippen molar-refractivity contribution < 1.29 is 37.5 Å². The molecule has 0 heterocycles. The Kier molecular flexibility index (Phi) is 7.74. The van der Waals surface area contributed by atoms with Crippen LogP contribution in [0.3, 0.4) is 0 Å². The van der Waals surface area contributed by atoms with Crippen LogP contribution < -0.4 is 4.74 Å². The summed E-state index contributed by atoms with van der Waals surface area (Å²) in [7, 11) is -2.85. The van der Waals surface area contributed by atoms with Crippen LogP contribution in [0.1, 0.15) is 37.4 Å². The number of ketones is 1. The smallest absolute Gasteiger partial charge is 0.336 e. The molecule has 3 N–H and O–H groups in total. The lowest BCUT2D eigenvalue weighted by atomic mass is 10.0. The average molecular weight is 458 g/mol. The van der Waals surface area contributed by atoms with Gasteiger partial charge in [-0.15, -0.1) is 0 Å². The number of carboxylic acid groups (broad SMARTS) is 1. The van der Waals surface area contributed by atoms with Crippen LogP contribution in [0.15, 0.2) is 65.6 Å². The molecule has 0 aliphatic rings. The highest BCUT2D eigenvalue weighted by atomic mass is 32.2. The molecular formula is C23H22O8S. The highest BCUT2D eigenvalue weighted by Crippen LogP contribution is 2.25. The second kappa shape index (κ2) is 10.1. The first-order valence-corrected chi connectivity index (χ1v) is 10.7. The number of benzene rings is 3. The van der Waals surface area contributed by atoms with Crippen LogP contribution in [0.25, 0.3) is 0 Å². The van der Waals surface area contributed by atoms with Gasteiger partial charge in [0.05, 0.1) is 23.1 Å². The zero-order valence-corrected chi connectivity index (χ0v) is 18.4. The third kappa shape index (κ3) is 5.93. The molecular weight excluding hydrogens is 436 g/mol. The molecule has 0 aromatic heterocycles. The van der Waals surface area contributed by atoms with Crippen molar-refractivity contribution in [2.45, 2.75) is 18.7 Å². The minimum atomic E-state index is -4.36. The quantitative estimate of drug-likeness (QED) is 0.387. The zero-order valence-electron chi connectivity index (χ0n) is 17.6. The number of carbonyl (C=O) groups excluding carboxylic acids is 1. The molecule has 0 atom stereocenters. The van der Waals surface area contributed by atoms with Gasteiger partial charge in [-0.2, -0.15) is 8.42 Å². The maximum atomic E-state index is 12.1. The number of hydrogen-bond acceptors (Lipinski definition) is 6. The number of rotatable bonds is 5. The molecule has 0 saturated carbocycles. The number of phenolic OH excluding ortho intramolecular Hbond substituents is 1. The van der Waals surface area contributed by atoms with Crippen molar-refractivity contribution in [3.63, 3.8) is 0 Å². The Morgan fingerprint density at radius 1 is 0.906 bits per heavy atom. The van der Waals surface area contributed by atoms with Crippen LogP contribution in [0.4, 0.5) is 0 Å². The first-order valence-electron chi connectivity index (χ1n) is 9.24. The molecule has 0 radical (unpaired) electrons. The number of phenols is 1. The number of aryl methyl sites for hydroxylation is 1. The number of carbonyl (C=O) groups is 2. The Bertz CT molecular complexity index is 1250. The lowest BCUT2D eigenvalue weighted by Gasteiger charge is -2.06. The van der Waals surface area contributed by atoms with Gasteiger partial charge in [-0.25, -0.2) is 4.79 Å². The molecule has 32 heavy (non-hydrogen) atoms. The van der Waals surface area contributed by atoms with Crippen LogP contribution in [-0.4, -0.2) is 42.0 Å². The summed E-state index contributed by atoms with van der Waals surface area (Å²) < 4.78 is 35.4. The molecule has 0 aliphatic heterocycles. The van der Waals surface area contributed by atoms with E-state index >= 15 is 0 Å². The van der Waals surface area contributed by atoms with Crippen LogP contribution in [0, 0.1) is 13.8 Å². The van der Waals surface area contributed by atoms with E-state index in [1.54, 1.807) is 50.2 Å². The second-order valence-electron chi connectivity index (χ2n) is 6.77. The summed E-state index contributed by atoms with van der Waals surface area (Å²) in [6.07, 6.45) is 0. The van der Waals surface area contributed by atoms with E-state index in [1.165, 1.54) is 19.2 Å². The molecule has 0 aliphatic carbocycles. The van der Waals surface area contributed by atoms with E-state index in [0.29, 0.717) is 22.4 Å². The van der Waals surface area contributed by atoms with Gasteiger partial charge in [-0.3, -0.25) is 9.35 Å². The van der Waals surface area contributed by atoms with Crippen molar-refractivity contribution in [3.05, 3.63) is 88.5 Å². The van der Waals surface area contributed by atoms with Gasteiger partial charge < -0.3 is 14.9 Å². The molecule has 0 saturated heterocycles. The Morgan fingerprint density at radius 2 is 1.53 bits per heavy atom. The summed E-state index contributed by atoms with van der Waals surface area (Å²) in [4.78, 5) is 22.4. The topological polar surface area (TPSA) is 138 Å². The third-order valence-corrected chi connectivity index (χ3v) is 5.49. The molecule has 0 fully saturated rings. The highest BCUT2D eigenvalue weighted by Gasteiger charge is 2.17. The Balaban J connectivity index is 0.000000229. The molecule has 0 spiro atoms. The Labute approximate surface area is 185 Å². The molecule has 8 nitrogen and oxygen atoms in total. The normalized spacial score (nSPS) is 10.6. The van der Waals surface area contributed by atoms with Gasteiger partial charge in [-0.05, 0) is 49.2 Å². The van der Waals surface area contributed by atoms with Crippen molar-refractivity contribution >= 4 is 21.9 Å². The predicted octanol–water partition coefficient (Wildman–Crippen LogP) is 3.88.